The Morgan fingerprint density at radius 3 is 1.42 bits per heavy atom. The van der Waals surface area contributed by atoms with E-state index in [1.165, 1.54) is 0 Å². The van der Waals surface area contributed by atoms with Gasteiger partial charge in [0.15, 0.2) is 12.2 Å². The van der Waals surface area contributed by atoms with Gasteiger partial charge in [0, 0.05) is 12.7 Å². The number of nitrogens with zero attached hydrogens (tertiary/aromatic N) is 1. The van der Waals surface area contributed by atoms with Crippen LogP contribution >= 0.6 is 0 Å². The molecule has 1 saturated heterocycles. The Labute approximate surface area is 289 Å². The standard InChI is InChI=1S/C39H48BNO5Si2/c1-37(2,3)47(30-20-12-8-13-21-30,31-22-14-9-15-23-31)44-29-39(28-43-41-7)35(34(42)36(40)45-39)46-48(38(4,5)6,32-24-16-10-17-25-32)33-26-18-11-19-27-33/h8-27,34-36,42H,7,28-29H2,1-6H3/t34-,35-,36+,39+/m0/s1. The molecular formula is C39H48BNO5Si2. The first-order chi connectivity index (χ1) is 22.8. The molecule has 0 aliphatic carbocycles. The van der Waals surface area contributed by atoms with E-state index >= 15 is 0 Å². The van der Waals surface area contributed by atoms with E-state index in [1.807, 2.05) is 48.5 Å². The maximum atomic E-state index is 11.9. The van der Waals surface area contributed by atoms with E-state index in [0.717, 1.165) is 20.7 Å². The van der Waals surface area contributed by atoms with Crippen LogP contribution in [0, 0.1) is 0 Å². The molecule has 0 aromatic heterocycles. The van der Waals surface area contributed by atoms with Gasteiger partial charge in [0.25, 0.3) is 16.6 Å². The highest BCUT2D eigenvalue weighted by Crippen LogP contribution is 2.44. The Hall–Kier alpha value is -3.31. The van der Waals surface area contributed by atoms with Gasteiger partial charge in [-0.15, -0.1) is 5.16 Å². The van der Waals surface area contributed by atoms with E-state index in [0.29, 0.717) is 0 Å². The minimum absolute atomic E-state index is 0.0312. The number of aliphatic hydroxyl groups excluding tert-OH is 1. The van der Waals surface area contributed by atoms with Crippen molar-refractivity contribution in [2.75, 3.05) is 13.2 Å². The van der Waals surface area contributed by atoms with Crippen molar-refractivity contribution in [2.24, 2.45) is 5.16 Å². The maximum absolute atomic E-state index is 11.9. The van der Waals surface area contributed by atoms with Gasteiger partial charge in [0.2, 0.25) is 0 Å². The molecule has 250 valence electrons. The quantitative estimate of drug-likeness (QED) is 0.133. The molecule has 1 aliphatic rings. The van der Waals surface area contributed by atoms with Crippen molar-refractivity contribution < 1.29 is 23.5 Å². The maximum Gasteiger partial charge on any atom is 0.261 e. The average molecular weight is 678 g/mol. The van der Waals surface area contributed by atoms with Gasteiger partial charge in [0.05, 0.1) is 12.7 Å². The second-order valence-electron chi connectivity index (χ2n) is 14.7. The average Bonchev–Trinajstić information content (AvgIpc) is 3.31. The fourth-order valence-corrected chi connectivity index (χ4v) is 16.7. The summed E-state index contributed by atoms with van der Waals surface area (Å²) in [6.07, 6.45) is -2.11. The van der Waals surface area contributed by atoms with Gasteiger partial charge in [0.1, 0.15) is 14.0 Å². The van der Waals surface area contributed by atoms with Crippen molar-refractivity contribution >= 4 is 51.9 Å². The van der Waals surface area contributed by atoms with Crippen molar-refractivity contribution in [3.63, 3.8) is 0 Å². The molecule has 1 aliphatic heterocycles. The number of aliphatic hydroxyl groups is 1. The molecule has 1 heterocycles. The van der Waals surface area contributed by atoms with Gasteiger partial charge < -0.3 is 23.5 Å². The number of oxime groups is 1. The number of hydrogen-bond donors (Lipinski definition) is 1. The van der Waals surface area contributed by atoms with E-state index in [2.05, 4.69) is 126 Å². The SMILES string of the molecule is [B][C@@H]1O[C@](CON=C)(CO[Si](c2ccccc2)(c2ccccc2)C(C)(C)C)[C@@H](O[Si](c2ccccc2)(c2ccccc2)C(C)(C)C)[C@@H]1O. The van der Waals surface area contributed by atoms with Gasteiger partial charge in [-0.3, -0.25) is 0 Å². The fourth-order valence-electron chi connectivity index (χ4n) is 7.37. The van der Waals surface area contributed by atoms with Gasteiger partial charge in [-0.05, 0) is 30.8 Å². The third-order valence-corrected chi connectivity index (χ3v) is 19.6. The molecule has 9 heteroatoms. The van der Waals surface area contributed by atoms with Crippen LogP contribution in [0.15, 0.2) is 126 Å². The Morgan fingerprint density at radius 2 is 1.06 bits per heavy atom. The summed E-state index contributed by atoms with van der Waals surface area (Å²) in [5, 5.41) is 19.4. The monoisotopic (exact) mass is 677 g/mol. The van der Waals surface area contributed by atoms with Crippen LogP contribution in [0.1, 0.15) is 41.5 Å². The fraction of sp³-hybridized carbons (Fsp3) is 0.359. The Bertz CT molecular complexity index is 1540. The zero-order chi connectivity index (χ0) is 34.6. The third-order valence-electron chi connectivity index (χ3n) is 9.61. The first-order valence-corrected chi connectivity index (χ1v) is 20.4. The predicted molar refractivity (Wildman–Crippen MR) is 201 cm³/mol. The molecule has 48 heavy (non-hydrogen) atoms. The Morgan fingerprint density at radius 1 is 0.688 bits per heavy atom. The lowest BCUT2D eigenvalue weighted by atomic mass is 9.90. The summed E-state index contributed by atoms with van der Waals surface area (Å²) in [4.78, 5) is 5.71. The summed E-state index contributed by atoms with van der Waals surface area (Å²) < 4.78 is 21.6. The lowest BCUT2D eigenvalue weighted by Crippen LogP contribution is -2.72. The van der Waals surface area contributed by atoms with E-state index in [9.17, 15) is 5.11 Å². The zero-order valence-electron chi connectivity index (χ0n) is 29.0. The van der Waals surface area contributed by atoms with Gasteiger partial charge >= 0.3 is 0 Å². The smallest absolute Gasteiger partial charge is 0.261 e. The molecule has 0 unspecified atom stereocenters. The van der Waals surface area contributed by atoms with Crippen molar-refractivity contribution in [1.82, 2.24) is 0 Å². The van der Waals surface area contributed by atoms with Gasteiger partial charge in [-0.25, -0.2) is 0 Å². The van der Waals surface area contributed by atoms with Crippen molar-refractivity contribution in [2.45, 2.75) is 75.4 Å². The van der Waals surface area contributed by atoms with E-state index in [4.69, 9.17) is 26.3 Å². The number of ether oxygens (including phenoxy) is 1. The summed E-state index contributed by atoms with van der Waals surface area (Å²) in [6.45, 7) is 16.8. The van der Waals surface area contributed by atoms with E-state index in [-0.39, 0.29) is 23.3 Å². The first kappa shape index (κ1) is 36.0. The van der Waals surface area contributed by atoms with Crippen LogP contribution in [-0.2, 0) is 18.4 Å². The Balaban J connectivity index is 1.70. The molecule has 4 aromatic carbocycles. The summed E-state index contributed by atoms with van der Waals surface area (Å²) >= 11 is 0. The molecule has 0 bridgehead atoms. The van der Waals surface area contributed by atoms with E-state index < -0.39 is 40.4 Å². The van der Waals surface area contributed by atoms with Crippen LogP contribution in [0.5, 0.6) is 0 Å². The lowest BCUT2D eigenvalue weighted by molar-refractivity contribution is -0.131. The largest absolute Gasteiger partial charge is 0.404 e. The van der Waals surface area contributed by atoms with Crippen molar-refractivity contribution in [1.29, 1.82) is 0 Å². The van der Waals surface area contributed by atoms with Crippen molar-refractivity contribution in [3.8, 4) is 0 Å². The van der Waals surface area contributed by atoms with Crippen LogP contribution in [0.4, 0.5) is 0 Å². The van der Waals surface area contributed by atoms with Crippen molar-refractivity contribution in [3.05, 3.63) is 121 Å². The van der Waals surface area contributed by atoms with Crippen LogP contribution in [0.2, 0.25) is 10.1 Å². The predicted octanol–water partition coefficient (Wildman–Crippen LogP) is 4.76. The summed E-state index contributed by atoms with van der Waals surface area (Å²) in [5.74, 6) is 0. The second kappa shape index (κ2) is 14.3. The molecule has 0 saturated carbocycles. The topological polar surface area (TPSA) is 69.5 Å². The summed E-state index contributed by atoms with van der Waals surface area (Å²) in [7, 11) is 0.343. The normalized spacial score (nSPS) is 21.9. The molecule has 1 fully saturated rings. The van der Waals surface area contributed by atoms with Crippen LogP contribution in [-0.4, -0.2) is 73.3 Å². The van der Waals surface area contributed by atoms with Crippen LogP contribution in [0.25, 0.3) is 0 Å². The molecule has 1 N–H and O–H groups in total. The number of hydrogen-bond acceptors (Lipinski definition) is 6. The first-order valence-electron chi connectivity index (χ1n) is 16.6. The zero-order valence-corrected chi connectivity index (χ0v) is 31.0. The number of rotatable bonds is 12. The van der Waals surface area contributed by atoms with E-state index in [1.54, 1.807) is 0 Å². The molecule has 6 nitrogen and oxygen atoms in total. The van der Waals surface area contributed by atoms with Gasteiger partial charge in [-0.1, -0.05) is 163 Å². The molecule has 4 atom stereocenters. The molecule has 4 aromatic rings. The van der Waals surface area contributed by atoms with Crippen LogP contribution in [0.3, 0.4) is 0 Å². The summed E-state index contributed by atoms with van der Waals surface area (Å²) in [5.41, 5.74) is -1.33. The molecule has 5 rings (SSSR count). The lowest BCUT2D eigenvalue weighted by Gasteiger charge is -2.49. The highest BCUT2D eigenvalue weighted by Gasteiger charge is 2.62. The summed E-state index contributed by atoms with van der Waals surface area (Å²) in [6, 6.07) is 40.4. The molecule has 0 spiro atoms. The molecule has 0 amide bonds. The van der Waals surface area contributed by atoms with Gasteiger partial charge in [-0.2, -0.15) is 0 Å². The minimum Gasteiger partial charge on any atom is -0.404 e. The number of benzene rings is 4. The Kier molecular flexibility index (Phi) is 10.7. The molecule has 2 radical (unpaired) electrons. The third kappa shape index (κ3) is 6.52. The highest BCUT2D eigenvalue weighted by molar-refractivity contribution is 7.00. The molecular weight excluding hydrogens is 629 g/mol. The van der Waals surface area contributed by atoms with Crippen LogP contribution < -0.4 is 20.7 Å². The highest BCUT2D eigenvalue weighted by atomic mass is 28.4. The second-order valence-corrected chi connectivity index (χ2v) is 23.3. The minimum atomic E-state index is -3.19.